The third-order valence-corrected chi connectivity index (χ3v) is 5.75. The van der Waals surface area contributed by atoms with E-state index >= 15 is 0 Å². The second-order valence-corrected chi connectivity index (χ2v) is 7.50. The lowest BCUT2D eigenvalue weighted by Gasteiger charge is -2.34. The number of carbonyl (C=O) groups excluding carboxylic acids is 2. The Labute approximate surface area is 170 Å². The summed E-state index contributed by atoms with van der Waals surface area (Å²) in [5, 5.41) is 0. The monoisotopic (exact) mass is 390 g/mol. The lowest BCUT2D eigenvalue weighted by Crippen LogP contribution is -2.44. The maximum atomic E-state index is 13.4. The molecule has 1 saturated heterocycles. The fraction of sp³-hybridized carbons (Fsp3) is 0.348. The molecule has 1 atom stereocenters. The first kappa shape index (κ1) is 19.2. The zero-order valence-electron chi connectivity index (χ0n) is 16.9. The van der Waals surface area contributed by atoms with Crippen molar-refractivity contribution in [2.75, 3.05) is 18.5 Å². The Balaban J connectivity index is 1.74. The Morgan fingerprint density at radius 1 is 1.10 bits per heavy atom. The highest BCUT2D eigenvalue weighted by molar-refractivity contribution is 6.10. The van der Waals surface area contributed by atoms with E-state index in [9.17, 15) is 9.59 Å². The van der Waals surface area contributed by atoms with Gasteiger partial charge in [-0.25, -0.2) is 4.98 Å². The minimum absolute atomic E-state index is 0.0980. The van der Waals surface area contributed by atoms with Gasteiger partial charge in [-0.05, 0) is 49.9 Å². The molecule has 6 nitrogen and oxygen atoms in total. The third-order valence-electron chi connectivity index (χ3n) is 5.75. The number of rotatable bonds is 4. The molecule has 0 bridgehead atoms. The lowest BCUT2D eigenvalue weighted by molar-refractivity contribution is 0.0594. The summed E-state index contributed by atoms with van der Waals surface area (Å²) in [7, 11) is 1.73. The van der Waals surface area contributed by atoms with Crippen LogP contribution in [0.3, 0.4) is 0 Å². The van der Waals surface area contributed by atoms with Crippen LogP contribution in [0.1, 0.15) is 53.7 Å². The highest BCUT2D eigenvalue weighted by Crippen LogP contribution is 2.24. The van der Waals surface area contributed by atoms with E-state index in [4.69, 9.17) is 0 Å². The van der Waals surface area contributed by atoms with E-state index in [-0.39, 0.29) is 17.9 Å². The van der Waals surface area contributed by atoms with Gasteiger partial charge in [-0.1, -0.05) is 31.2 Å². The molecule has 0 radical (unpaired) electrons. The Bertz CT molecular complexity index is 1030. The SMILES string of the molecule is CCC1CCCCN1C(=O)c1nc(C(=O)N(C)c2ccccc2)c2ccccn12. The summed E-state index contributed by atoms with van der Waals surface area (Å²) in [6.07, 6.45) is 5.91. The average Bonchev–Trinajstić information content (AvgIpc) is 3.18. The van der Waals surface area contributed by atoms with Crippen molar-refractivity contribution in [2.45, 2.75) is 38.6 Å². The van der Waals surface area contributed by atoms with Crippen molar-refractivity contribution in [1.82, 2.24) is 14.3 Å². The Morgan fingerprint density at radius 2 is 1.86 bits per heavy atom. The van der Waals surface area contributed by atoms with E-state index in [1.165, 1.54) is 0 Å². The van der Waals surface area contributed by atoms with Crippen LogP contribution >= 0.6 is 0 Å². The molecule has 6 heteroatoms. The molecule has 0 spiro atoms. The van der Waals surface area contributed by atoms with Gasteiger partial charge in [0.15, 0.2) is 5.69 Å². The topological polar surface area (TPSA) is 57.9 Å². The number of hydrogen-bond acceptors (Lipinski definition) is 3. The largest absolute Gasteiger partial charge is 0.333 e. The van der Waals surface area contributed by atoms with Crippen LogP contribution < -0.4 is 4.90 Å². The molecule has 0 saturated carbocycles. The first-order valence-electron chi connectivity index (χ1n) is 10.2. The van der Waals surface area contributed by atoms with Crippen molar-refractivity contribution in [2.24, 2.45) is 0 Å². The van der Waals surface area contributed by atoms with Gasteiger partial charge in [-0.2, -0.15) is 0 Å². The van der Waals surface area contributed by atoms with Crippen LogP contribution in [-0.2, 0) is 0 Å². The molecule has 29 heavy (non-hydrogen) atoms. The molecule has 1 fully saturated rings. The van der Waals surface area contributed by atoms with E-state index in [1.807, 2.05) is 53.4 Å². The molecule has 4 rings (SSSR count). The van der Waals surface area contributed by atoms with Gasteiger partial charge in [0.05, 0.1) is 5.52 Å². The van der Waals surface area contributed by atoms with Crippen LogP contribution in [0.4, 0.5) is 5.69 Å². The van der Waals surface area contributed by atoms with Crippen LogP contribution in [-0.4, -0.2) is 45.7 Å². The van der Waals surface area contributed by atoms with E-state index in [1.54, 1.807) is 22.5 Å². The maximum Gasteiger partial charge on any atom is 0.290 e. The van der Waals surface area contributed by atoms with Gasteiger partial charge in [-0.3, -0.25) is 14.0 Å². The fourth-order valence-corrected chi connectivity index (χ4v) is 4.09. The van der Waals surface area contributed by atoms with E-state index < -0.39 is 0 Å². The van der Waals surface area contributed by atoms with E-state index in [0.717, 1.165) is 37.9 Å². The van der Waals surface area contributed by atoms with Gasteiger partial charge in [0.2, 0.25) is 5.82 Å². The zero-order valence-corrected chi connectivity index (χ0v) is 16.9. The van der Waals surface area contributed by atoms with Crippen LogP contribution in [0, 0.1) is 0 Å². The van der Waals surface area contributed by atoms with E-state index in [0.29, 0.717) is 17.0 Å². The number of imidazole rings is 1. The number of piperidine rings is 1. The molecule has 3 aromatic rings. The first-order valence-corrected chi connectivity index (χ1v) is 10.2. The summed E-state index contributed by atoms with van der Waals surface area (Å²) in [4.78, 5) is 34.7. The van der Waals surface area contributed by atoms with Crippen LogP contribution in [0.15, 0.2) is 54.7 Å². The van der Waals surface area contributed by atoms with Gasteiger partial charge in [-0.15, -0.1) is 0 Å². The summed E-state index contributed by atoms with van der Waals surface area (Å²) < 4.78 is 1.75. The summed E-state index contributed by atoms with van der Waals surface area (Å²) in [5.41, 5.74) is 1.73. The van der Waals surface area contributed by atoms with Gasteiger partial charge in [0.1, 0.15) is 0 Å². The lowest BCUT2D eigenvalue weighted by atomic mass is 10.00. The Hall–Kier alpha value is -3.15. The van der Waals surface area contributed by atoms with Gasteiger partial charge in [0.25, 0.3) is 11.8 Å². The normalized spacial score (nSPS) is 16.8. The van der Waals surface area contributed by atoms with Gasteiger partial charge < -0.3 is 9.80 Å². The molecule has 150 valence electrons. The predicted molar refractivity (Wildman–Crippen MR) is 113 cm³/mol. The number of benzene rings is 1. The number of carbonyl (C=O) groups is 2. The second kappa shape index (κ2) is 8.07. The van der Waals surface area contributed by atoms with Crippen molar-refractivity contribution in [1.29, 1.82) is 0 Å². The van der Waals surface area contributed by atoms with Crippen LogP contribution in [0.2, 0.25) is 0 Å². The molecule has 2 amide bonds. The van der Waals surface area contributed by atoms with Gasteiger partial charge >= 0.3 is 0 Å². The third kappa shape index (κ3) is 3.50. The van der Waals surface area contributed by atoms with Crippen molar-refractivity contribution >= 4 is 23.0 Å². The molecule has 0 aliphatic carbocycles. The number of nitrogens with zero attached hydrogens (tertiary/aromatic N) is 4. The predicted octanol–water partition coefficient (Wildman–Crippen LogP) is 4.02. The van der Waals surface area contributed by atoms with Crippen LogP contribution in [0.5, 0.6) is 0 Å². The van der Waals surface area contributed by atoms with Crippen molar-refractivity contribution < 1.29 is 9.59 Å². The average molecular weight is 390 g/mol. The number of para-hydroxylation sites is 1. The molecule has 0 N–H and O–H groups in total. The van der Waals surface area contributed by atoms with Crippen molar-refractivity contribution in [3.63, 3.8) is 0 Å². The molecule has 3 heterocycles. The fourth-order valence-electron chi connectivity index (χ4n) is 4.09. The molecule has 1 aliphatic heterocycles. The number of fused-ring (bicyclic) bond motifs is 1. The van der Waals surface area contributed by atoms with Crippen molar-refractivity contribution in [3.05, 3.63) is 66.2 Å². The second-order valence-electron chi connectivity index (χ2n) is 7.50. The standard InChI is InChI=1S/C23H26N4O2/c1-3-17-11-7-9-15-26(17)23(29)21-24-20(19-14-8-10-16-27(19)21)22(28)25(2)18-12-5-4-6-13-18/h4-6,8,10,12-14,16-17H,3,7,9,11,15H2,1-2H3. The molecule has 1 unspecified atom stereocenters. The summed E-state index contributed by atoms with van der Waals surface area (Å²) in [6.45, 7) is 2.86. The van der Waals surface area contributed by atoms with Crippen molar-refractivity contribution in [3.8, 4) is 0 Å². The summed E-state index contributed by atoms with van der Waals surface area (Å²) in [5.74, 6) is -0.0189. The number of pyridine rings is 1. The summed E-state index contributed by atoms with van der Waals surface area (Å²) in [6, 6.07) is 15.2. The molecule has 2 aromatic heterocycles. The number of aromatic nitrogens is 2. The first-order chi connectivity index (χ1) is 14.1. The zero-order chi connectivity index (χ0) is 20.4. The molecular weight excluding hydrogens is 364 g/mol. The van der Waals surface area contributed by atoms with Gasteiger partial charge in [0, 0.05) is 31.5 Å². The Morgan fingerprint density at radius 3 is 2.62 bits per heavy atom. The number of amides is 2. The molecule has 1 aromatic carbocycles. The quantitative estimate of drug-likeness (QED) is 0.676. The number of hydrogen-bond donors (Lipinski definition) is 0. The Kier molecular flexibility index (Phi) is 5.34. The highest BCUT2D eigenvalue weighted by Gasteiger charge is 2.31. The molecular formula is C23H26N4O2. The minimum Gasteiger partial charge on any atom is -0.333 e. The van der Waals surface area contributed by atoms with Crippen LogP contribution in [0.25, 0.3) is 5.52 Å². The number of anilines is 1. The molecule has 1 aliphatic rings. The smallest absolute Gasteiger partial charge is 0.290 e. The summed E-state index contributed by atoms with van der Waals surface area (Å²) >= 11 is 0. The maximum absolute atomic E-state index is 13.4. The number of likely N-dealkylation sites (tertiary alicyclic amines) is 1. The minimum atomic E-state index is -0.232. The van der Waals surface area contributed by atoms with E-state index in [2.05, 4.69) is 11.9 Å². The highest BCUT2D eigenvalue weighted by atomic mass is 16.2.